The zero-order valence-corrected chi connectivity index (χ0v) is 14.4. The quantitative estimate of drug-likeness (QED) is 0.744. The molecule has 1 aliphatic rings. The number of benzene rings is 2. The molecule has 7 heteroatoms. The van der Waals surface area contributed by atoms with Crippen molar-refractivity contribution < 1.29 is 13.2 Å². The Hall–Kier alpha value is -2.12. The number of nitrogens with zero attached hydrogens (tertiary/aromatic N) is 1. The van der Waals surface area contributed by atoms with Gasteiger partial charge in [0.05, 0.1) is 10.6 Å². The Morgan fingerprint density at radius 3 is 2.58 bits per heavy atom. The average molecular weight is 347 g/mol. The fourth-order valence-electron chi connectivity index (χ4n) is 2.91. The van der Waals surface area contributed by atoms with Crippen LogP contribution in [0.25, 0.3) is 10.8 Å². The molecule has 0 aliphatic carbocycles. The summed E-state index contributed by atoms with van der Waals surface area (Å²) in [5.74, 6) is -0.304. The van der Waals surface area contributed by atoms with Gasteiger partial charge in [0.25, 0.3) is 10.0 Å². The van der Waals surface area contributed by atoms with Crippen molar-refractivity contribution in [3.05, 3.63) is 36.4 Å². The van der Waals surface area contributed by atoms with Gasteiger partial charge in [-0.15, -0.1) is 0 Å². The van der Waals surface area contributed by atoms with Crippen LogP contribution in [-0.4, -0.2) is 40.5 Å². The molecular formula is C17H21N3O3S. The summed E-state index contributed by atoms with van der Waals surface area (Å²) in [6.07, 6.45) is 1.03. The normalized spacial score (nSPS) is 15.0. The van der Waals surface area contributed by atoms with Crippen LogP contribution in [-0.2, 0) is 14.8 Å². The first-order valence-corrected chi connectivity index (χ1v) is 9.51. The highest BCUT2D eigenvalue weighted by atomic mass is 32.2. The number of carbonyl (C=O) groups is 1. The Labute approximate surface area is 141 Å². The fraction of sp³-hybridized carbons (Fsp3) is 0.353. The molecule has 0 saturated heterocycles. The molecule has 0 spiro atoms. The topological polar surface area (TPSA) is 78.5 Å². The van der Waals surface area contributed by atoms with Crippen molar-refractivity contribution in [3.63, 3.8) is 0 Å². The van der Waals surface area contributed by atoms with Gasteiger partial charge in [0.1, 0.15) is 6.54 Å². The van der Waals surface area contributed by atoms with Gasteiger partial charge >= 0.3 is 0 Å². The Morgan fingerprint density at radius 1 is 1.08 bits per heavy atom. The van der Waals surface area contributed by atoms with E-state index in [9.17, 15) is 13.2 Å². The number of amides is 1. The summed E-state index contributed by atoms with van der Waals surface area (Å²) in [4.78, 5) is 12.4. The van der Waals surface area contributed by atoms with Crippen LogP contribution >= 0.6 is 0 Å². The third kappa shape index (κ3) is 2.97. The predicted octanol–water partition coefficient (Wildman–Crippen LogP) is 1.46. The first kappa shape index (κ1) is 16.7. The predicted molar refractivity (Wildman–Crippen MR) is 94.7 cm³/mol. The van der Waals surface area contributed by atoms with Gasteiger partial charge in [-0.1, -0.05) is 31.2 Å². The maximum atomic E-state index is 12.7. The zero-order valence-electron chi connectivity index (χ0n) is 13.6. The summed E-state index contributed by atoms with van der Waals surface area (Å²) in [7, 11) is -3.68. The summed E-state index contributed by atoms with van der Waals surface area (Å²) >= 11 is 0. The van der Waals surface area contributed by atoms with E-state index in [1.807, 2.05) is 18.2 Å². The lowest BCUT2D eigenvalue weighted by molar-refractivity contribution is -0.119. The highest BCUT2D eigenvalue weighted by Gasteiger charge is 2.36. The second-order valence-corrected chi connectivity index (χ2v) is 7.57. The summed E-state index contributed by atoms with van der Waals surface area (Å²) in [6.45, 7) is 3.91. The van der Waals surface area contributed by atoms with E-state index in [-0.39, 0.29) is 17.3 Å². The SMILES string of the molecule is CCCNCCNC(=O)CN1c2cccc3cccc(c23)S1(=O)=O. The lowest BCUT2D eigenvalue weighted by Crippen LogP contribution is -2.41. The molecule has 1 aliphatic heterocycles. The Kier molecular flexibility index (Phi) is 4.73. The molecule has 1 amide bonds. The second kappa shape index (κ2) is 6.78. The van der Waals surface area contributed by atoms with Gasteiger partial charge in [0.15, 0.2) is 0 Å². The molecule has 2 N–H and O–H groups in total. The first-order chi connectivity index (χ1) is 11.6. The van der Waals surface area contributed by atoms with Crippen molar-refractivity contribution in [1.82, 2.24) is 10.6 Å². The second-order valence-electron chi connectivity index (χ2n) is 5.74. The molecule has 3 rings (SSSR count). The molecule has 2 aromatic carbocycles. The lowest BCUT2D eigenvalue weighted by Gasteiger charge is -2.18. The van der Waals surface area contributed by atoms with Crippen molar-refractivity contribution in [3.8, 4) is 0 Å². The third-order valence-electron chi connectivity index (χ3n) is 4.02. The van der Waals surface area contributed by atoms with Crippen LogP contribution in [0.4, 0.5) is 5.69 Å². The molecule has 128 valence electrons. The van der Waals surface area contributed by atoms with Gasteiger partial charge < -0.3 is 10.6 Å². The first-order valence-electron chi connectivity index (χ1n) is 8.07. The molecule has 0 atom stereocenters. The minimum atomic E-state index is -3.68. The van der Waals surface area contributed by atoms with E-state index in [1.165, 1.54) is 4.31 Å². The molecule has 0 aromatic heterocycles. The maximum Gasteiger partial charge on any atom is 0.265 e. The fourth-order valence-corrected chi connectivity index (χ4v) is 4.57. The van der Waals surface area contributed by atoms with Crippen LogP contribution in [0.5, 0.6) is 0 Å². The van der Waals surface area contributed by atoms with E-state index in [1.54, 1.807) is 18.2 Å². The summed E-state index contributed by atoms with van der Waals surface area (Å²) in [5, 5.41) is 7.49. The number of sulfonamides is 1. The molecule has 0 bridgehead atoms. The average Bonchev–Trinajstić information content (AvgIpc) is 2.78. The Balaban J connectivity index is 1.76. The highest BCUT2D eigenvalue weighted by molar-refractivity contribution is 7.93. The van der Waals surface area contributed by atoms with Crippen LogP contribution in [0.15, 0.2) is 41.3 Å². The molecule has 0 radical (unpaired) electrons. The number of carbonyl (C=O) groups excluding carboxylic acids is 1. The summed E-state index contributed by atoms with van der Waals surface area (Å²) < 4.78 is 26.7. The molecule has 0 unspecified atom stereocenters. The lowest BCUT2D eigenvalue weighted by atomic mass is 10.1. The number of rotatable bonds is 7. The number of nitrogens with one attached hydrogen (secondary N) is 2. The minimum absolute atomic E-state index is 0.204. The van der Waals surface area contributed by atoms with E-state index in [4.69, 9.17) is 0 Å². The standard InChI is InChI=1S/C17H21N3O3S/c1-2-9-18-10-11-19-16(21)12-20-14-7-3-5-13-6-4-8-15(17(13)14)24(20,22)23/h3-8,18H,2,9-12H2,1H3,(H,19,21). The van der Waals surface area contributed by atoms with Crippen molar-refractivity contribution in [1.29, 1.82) is 0 Å². The molecule has 6 nitrogen and oxygen atoms in total. The third-order valence-corrected chi connectivity index (χ3v) is 5.82. The van der Waals surface area contributed by atoms with Crippen LogP contribution in [0.3, 0.4) is 0 Å². The molecule has 2 aromatic rings. The van der Waals surface area contributed by atoms with Crippen molar-refractivity contribution in [2.45, 2.75) is 18.2 Å². The van der Waals surface area contributed by atoms with E-state index in [0.29, 0.717) is 24.2 Å². The molecule has 0 fully saturated rings. The van der Waals surface area contributed by atoms with Gasteiger partial charge in [0.2, 0.25) is 5.91 Å². The highest BCUT2D eigenvalue weighted by Crippen LogP contribution is 2.41. The largest absolute Gasteiger partial charge is 0.353 e. The van der Waals surface area contributed by atoms with Gasteiger partial charge in [-0.2, -0.15) is 0 Å². The van der Waals surface area contributed by atoms with Crippen LogP contribution < -0.4 is 14.9 Å². The maximum absolute atomic E-state index is 12.7. The van der Waals surface area contributed by atoms with Gasteiger partial charge in [-0.05, 0) is 30.5 Å². The van der Waals surface area contributed by atoms with Crippen molar-refractivity contribution in [2.75, 3.05) is 30.5 Å². The Morgan fingerprint density at radius 2 is 1.83 bits per heavy atom. The smallest absolute Gasteiger partial charge is 0.265 e. The number of hydrogen-bond acceptors (Lipinski definition) is 4. The van der Waals surface area contributed by atoms with Crippen molar-refractivity contribution >= 4 is 32.4 Å². The minimum Gasteiger partial charge on any atom is -0.353 e. The van der Waals surface area contributed by atoms with E-state index in [0.717, 1.165) is 18.4 Å². The molecular weight excluding hydrogens is 326 g/mol. The molecule has 1 heterocycles. The zero-order chi connectivity index (χ0) is 17.2. The van der Waals surface area contributed by atoms with Gasteiger partial charge in [0, 0.05) is 18.5 Å². The van der Waals surface area contributed by atoms with Crippen LogP contribution in [0.2, 0.25) is 0 Å². The van der Waals surface area contributed by atoms with Crippen LogP contribution in [0, 0.1) is 0 Å². The van der Waals surface area contributed by atoms with Crippen LogP contribution in [0.1, 0.15) is 13.3 Å². The Bertz CT molecular complexity index is 859. The monoisotopic (exact) mass is 347 g/mol. The van der Waals surface area contributed by atoms with Gasteiger partial charge in [-0.25, -0.2) is 8.42 Å². The molecule has 0 saturated carbocycles. The van der Waals surface area contributed by atoms with Crippen molar-refractivity contribution in [2.24, 2.45) is 0 Å². The van der Waals surface area contributed by atoms with E-state index < -0.39 is 10.0 Å². The van der Waals surface area contributed by atoms with E-state index >= 15 is 0 Å². The van der Waals surface area contributed by atoms with Gasteiger partial charge in [-0.3, -0.25) is 9.10 Å². The van der Waals surface area contributed by atoms with E-state index in [2.05, 4.69) is 17.6 Å². The number of anilines is 1. The number of hydrogen-bond donors (Lipinski definition) is 2. The molecule has 24 heavy (non-hydrogen) atoms. The summed E-state index contributed by atoms with van der Waals surface area (Å²) in [5.41, 5.74) is 0.572. The summed E-state index contributed by atoms with van der Waals surface area (Å²) in [6, 6.07) is 10.6.